The number of halogens is 1. The first kappa shape index (κ1) is 17.2. The second kappa shape index (κ2) is 8.46. The smallest absolute Gasteiger partial charge is 0.220 e. The first-order valence-corrected chi connectivity index (χ1v) is 8.43. The Kier molecular flexibility index (Phi) is 7.28. The zero-order valence-corrected chi connectivity index (χ0v) is 14.4. The fourth-order valence-corrected chi connectivity index (χ4v) is 2.47. The SMILES string of the molecule is Cc1cccc(CCC(=O)NCC(C)(C)CCCBr)c1. The molecule has 2 nitrogen and oxygen atoms in total. The highest BCUT2D eigenvalue weighted by Crippen LogP contribution is 2.21. The van der Waals surface area contributed by atoms with Crippen molar-refractivity contribution in [1.29, 1.82) is 0 Å². The van der Waals surface area contributed by atoms with Gasteiger partial charge < -0.3 is 5.32 Å². The van der Waals surface area contributed by atoms with Crippen LogP contribution in [0, 0.1) is 12.3 Å². The highest BCUT2D eigenvalue weighted by atomic mass is 79.9. The Morgan fingerprint density at radius 3 is 2.75 bits per heavy atom. The molecule has 3 heteroatoms. The number of alkyl halides is 1. The van der Waals surface area contributed by atoms with Gasteiger partial charge in [0.2, 0.25) is 5.91 Å². The minimum Gasteiger partial charge on any atom is -0.356 e. The van der Waals surface area contributed by atoms with Crippen LogP contribution < -0.4 is 5.32 Å². The molecule has 1 aromatic carbocycles. The number of aryl methyl sites for hydroxylation is 2. The van der Waals surface area contributed by atoms with Crippen LogP contribution in [0.2, 0.25) is 0 Å². The molecule has 0 aliphatic heterocycles. The van der Waals surface area contributed by atoms with Crippen molar-refractivity contribution in [3.63, 3.8) is 0 Å². The lowest BCUT2D eigenvalue weighted by Gasteiger charge is -2.24. The van der Waals surface area contributed by atoms with Crippen molar-refractivity contribution in [2.45, 2.75) is 46.5 Å². The second-order valence-corrected chi connectivity index (χ2v) is 7.02. The van der Waals surface area contributed by atoms with E-state index in [1.807, 2.05) is 6.07 Å². The predicted octanol–water partition coefficient (Wildman–Crippen LogP) is 4.25. The summed E-state index contributed by atoms with van der Waals surface area (Å²) in [4.78, 5) is 11.9. The molecule has 0 aliphatic rings. The number of benzene rings is 1. The van der Waals surface area contributed by atoms with Crippen LogP contribution in [0.4, 0.5) is 0 Å². The van der Waals surface area contributed by atoms with Gasteiger partial charge in [0.25, 0.3) is 0 Å². The molecule has 1 aromatic rings. The molecule has 0 saturated heterocycles. The number of nitrogens with one attached hydrogen (secondary N) is 1. The molecule has 0 bridgehead atoms. The average Bonchev–Trinajstić information content (AvgIpc) is 2.41. The Labute approximate surface area is 131 Å². The summed E-state index contributed by atoms with van der Waals surface area (Å²) < 4.78 is 0. The van der Waals surface area contributed by atoms with Crippen LogP contribution in [0.3, 0.4) is 0 Å². The van der Waals surface area contributed by atoms with Crippen LogP contribution in [-0.2, 0) is 11.2 Å². The van der Waals surface area contributed by atoms with Gasteiger partial charge in [0, 0.05) is 18.3 Å². The molecule has 0 unspecified atom stereocenters. The summed E-state index contributed by atoms with van der Waals surface area (Å²) in [5, 5.41) is 4.09. The van der Waals surface area contributed by atoms with Crippen LogP contribution in [0.15, 0.2) is 24.3 Å². The topological polar surface area (TPSA) is 29.1 Å². The third-order valence-electron chi connectivity index (χ3n) is 3.47. The van der Waals surface area contributed by atoms with E-state index in [9.17, 15) is 4.79 Å². The molecule has 0 heterocycles. The van der Waals surface area contributed by atoms with Crippen molar-refractivity contribution in [3.8, 4) is 0 Å². The lowest BCUT2D eigenvalue weighted by Crippen LogP contribution is -2.34. The molecular formula is C17H26BrNO. The first-order chi connectivity index (χ1) is 9.43. The molecule has 0 spiro atoms. The molecule has 20 heavy (non-hydrogen) atoms. The van der Waals surface area contributed by atoms with E-state index in [2.05, 4.69) is 60.2 Å². The van der Waals surface area contributed by atoms with Gasteiger partial charge in [-0.05, 0) is 37.2 Å². The lowest BCUT2D eigenvalue weighted by molar-refractivity contribution is -0.121. The molecular weight excluding hydrogens is 314 g/mol. The van der Waals surface area contributed by atoms with E-state index in [0.717, 1.165) is 31.1 Å². The minimum absolute atomic E-state index is 0.151. The summed E-state index contributed by atoms with van der Waals surface area (Å²) >= 11 is 3.45. The molecule has 112 valence electrons. The highest BCUT2D eigenvalue weighted by Gasteiger charge is 2.18. The van der Waals surface area contributed by atoms with Gasteiger partial charge in [-0.3, -0.25) is 4.79 Å². The number of hydrogen-bond acceptors (Lipinski definition) is 1. The summed E-state index contributed by atoms with van der Waals surface area (Å²) in [6.45, 7) is 7.25. The van der Waals surface area contributed by atoms with Gasteiger partial charge in [-0.15, -0.1) is 0 Å². The summed E-state index contributed by atoms with van der Waals surface area (Å²) in [5.74, 6) is 0.151. The minimum atomic E-state index is 0.151. The molecule has 0 fully saturated rings. The Morgan fingerprint density at radius 2 is 2.10 bits per heavy atom. The van der Waals surface area contributed by atoms with Crippen LogP contribution in [0.25, 0.3) is 0 Å². The van der Waals surface area contributed by atoms with Crippen molar-refractivity contribution in [2.75, 3.05) is 11.9 Å². The van der Waals surface area contributed by atoms with Gasteiger partial charge in [0.05, 0.1) is 0 Å². The number of carbonyl (C=O) groups excluding carboxylic acids is 1. The third-order valence-corrected chi connectivity index (χ3v) is 4.04. The quantitative estimate of drug-likeness (QED) is 0.705. The van der Waals surface area contributed by atoms with E-state index in [-0.39, 0.29) is 11.3 Å². The largest absolute Gasteiger partial charge is 0.356 e. The Balaban J connectivity index is 2.30. The normalized spacial score (nSPS) is 11.4. The van der Waals surface area contributed by atoms with Gasteiger partial charge in [-0.1, -0.05) is 59.6 Å². The van der Waals surface area contributed by atoms with Crippen LogP contribution >= 0.6 is 15.9 Å². The van der Waals surface area contributed by atoms with Gasteiger partial charge in [0.1, 0.15) is 0 Å². The fraction of sp³-hybridized carbons (Fsp3) is 0.588. The van der Waals surface area contributed by atoms with Crippen LogP contribution in [-0.4, -0.2) is 17.8 Å². The molecule has 0 aliphatic carbocycles. The number of rotatable bonds is 8. The molecule has 0 radical (unpaired) electrons. The number of hydrogen-bond donors (Lipinski definition) is 1. The highest BCUT2D eigenvalue weighted by molar-refractivity contribution is 9.09. The van der Waals surface area contributed by atoms with E-state index < -0.39 is 0 Å². The summed E-state index contributed by atoms with van der Waals surface area (Å²) in [7, 11) is 0. The van der Waals surface area contributed by atoms with E-state index in [4.69, 9.17) is 0 Å². The molecule has 0 saturated carbocycles. The maximum Gasteiger partial charge on any atom is 0.220 e. The van der Waals surface area contributed by atoms with Crippen molar-refractivity contribution >= 4 is 21.8 Å². The zero-order valence-electron chi connectivity index (χ0n) is 12.8. The average molecular weight is 340 g/mol. The van der Waals surface area contributed by atoms with Gasteiger partial charge in [-0.25, -0.2) is 0 Å². The van der Waals surface area contributed by atoms with Crippen LogP contribution in [0.1, 0.15) is 44.2 Å². The van der Waals surface area contributed by atoms with Crippen molar-refractivity contribution in [3.05, 3.63) is 35.4 Å². The third kappa shape index (κ3) is 7.09. The maximum absolute atomic E-state index is 11.9. The standard InChI is InChI=1S/C17H26BrNO/c1-14-6-4-7-15(12-14)8-9-16(20)19-13-17(2,3)10-5-11-18/h4,6-7,12H,5,8-11,13H2,1-3H3,(H,19,20). The maximum atomic E-state index is 11.9. The van der Waals surface area contributed by atoms with E-state index in [1.165, 1.54) is 11.1 Å². The Morgan fingerprint density at radius 1 is 1.35 bits per heavy atom. The van der Waals surface area contributed by atoms with Crippen molar-refractivity contribution < 1.29 is 4.79 Å². The molecule has 1 N–H and O–H groups in total. The van der Waals surface area contributed by atoms with E-state index >= 15 is 0 Å². The van der Waals surface area contributed by atoms with Gasteiger partial charge >= 0.3 is 0 Å². The van der Waals surface area contributed by atoms with Crippen molar-refractivity contribution in [1.82, 2.24) is 5.32 Å². The number of carbonyl (C=O) groups is 1. The van der Waals surface area contributed by atoms with Gasteiger partial charge in [-0.2, -0.15) is 0 Å². The predicted molar refractivity (Wildman–Crippen MR) is 89.3 cm³/mol. The fourth-order valence-electron chi connectivity index (χ4n) is 2.19. The molecule has 1 amide bonds. The van der Waals surface area contributed by atoms with E-state index in [0.29, 0.717) is 6.42 Å². The summed E-state index contributed by atoms with van der Waals surface area (Å²) in [5.41, 5.74) is 2.66. The summed E-state index contributed by atoms with van der Waals surface area (Å²) in [6.07, 6.45) is 3.65. The van der Waals surface area contributed by atoms with E-state index in [1.54, 1.807) is 0 Å². The van der Waals surface area contributed by atoms with Gasteiger partial charge in [0.15, 0.2) is 0 Å². The Hall–Kier alpha value is -0.830. The lowest BCUT2D eigenvalue weighted by atomic mass is 9.88. The number of amides is 1. The molecule has 1 rings (SSSR count). The molecule has 0 atom stereocenters. The summed E-state index contributed by atoms with van der Waals surface area (Å²) in [6, 6.07) is 8.36. The van der Waals surface area contributed by atoms with Crippen molar-refractivity contribution in [2.24, 2.45) is 5.41 Å². The monoisotopic (exact) mass is 339 g/mol. The van der Waals surface area contributed by atoms with Crippen LogP contribution in [0.5, 0.6) is 0 Å². The zero-order chi connectivity index (χ0) is 15.0. The molecule has 0 aromatic heterocycles. The Bertz CT molecular complexity index is 429. The second-order valence-electron chi connectivity index (χ2n) is 6.22. The first-order valence-electron chi connectivity index (χ1n) is 7.31.